The maximum atomic E-state index is 12.9. The molecular weight excluding hydrogens is 308 g/mol. The van der Waals surface area contributed by atoms with E-state index in [1.165, 1.54) is 6.42 Å². The molecule has 1 aliphatic heterocycles. The van der Waals surface area contributed by atoms with E-state index in [2.05, 4.69) is 4.98 Å². The SMILES string of the molecule is O=C(c1ccnc(OC2CCOC2)c1)N(CCO)C1CCCCC1. The van der Waals surface area contributed by atoms with E-state index in [4.69, 9.17) is 9.47 Å². The molecule has 1 atom stereocenters. The number of rotatable bonds is 6. The number of pyridine rings is 1. The van der Waals surface area contributed by atoms with Crippen LogP contribution >= 0.6 is 0 Å². The monoisotopic (exact) mass is 334 g/mol. The minimum absolute atomic E-state index is 0.00902. The average molecular weight is 334 g/mol. The first-order valence-corrected chi connectivity index (χ1v) is 8.90. The third-order valence-corrected chi connectivity index (χ3v) is 4.77. The van der Waals surface area contributed by atoms with Crippen LogP contribution in [0.25, 0.3) is 0 Å². The maximum Gasteiger partial charge on any atom is 0.254 e. The molecule has 2 heterocycles. The Hall–Kier alpha value is -1.66. The van der Waals surface area contributed by atoms with Gasteiger partial charge in [-0.2, -0.15) is 0 Å². The van der Waals surface area contributed by atoms with Crippen molar-refractivity contribution in [3.05, 3.63) is 23.9 Å². The number of aliphatic hydroxyl groups excluding tert-OH is 1. The minimum Gasteiger partial charge on any atom is -0.472 e. The molecule has 1 unspecified atom stereocenters. The van der Waals surface area contributed by atoms with Gasteiger partial charge < -0.3 is 19.5 Å². The lowest BCUT2D eigenvalue weighted by Gasteiger charge is -2.34. The number of ether oxygens (including phenoxy) is 2. The number of carbonyl (C=O) groups is 1. The van der Waals surface area contributed by atoms with Crippen LogP contribution in [0.5, 0.6) is 5.88 Å². The lowest BCUT2D eigenvalue weighted by atomic mass is 9.93. The van der Waals surface area contributed by atoms with Gasteiger partial charge in [-0.15, -0.1) is 0 Å². The van der Waals surface area contributed by atoms with Crippen LogP contribution in [0.3, 0.4) is 0 Å². The number of amides is 1. The lowest BCUT2D eigenvalue weighted by molar-refractivity contribution is 0.0584. The van der Waals surface area contributed by atoms with Crippen LogP contribution in [-0.2, 0) is 4.74 Å². The van der Waals surface area contributed by atoms with Gasteiger partial charge in [0.05, 0.1) is 19.8 Å². The van der Waals surface area contributed by atoms with Gasteiger partial charge in [0, 0.05) is 36.8 Å². The number of nitrogens with zero attached hydrogens (tertiary/aromatic N) is 2. The standard InChI is InChI=1S/C18H26N2O4/c21-10-9-20(15-4-2-1-3-5-15)18(22)14-6-8-19-17(12-14)24-16-7-11-23-13-16/h6,8,12,15-16,21H,1-5,7,9-11,13H2. The number of aliphatic hydroxyl groups is 1. The van der Waals surface area contributed by atoms with Gasteiger partial charge in [-0.3, -0.25) is 4.79 Å². The summed E-state index contributed by atoms with van der Waals surface area (Å²) in [5.41, 5.74) is 0.568. The summed E-state index contributed by atoms with van der Waals surface area (Å²) in [6.45, 7) is 1.63. The zero-order chi connectivity index (χ0) is 16.8. The van der Waals surface area contributed by atoms with Gasteiger partial charge in [-0.25, -0.2) is 4.98 Å². The van der Waals surface area contributed by atoms with Crippen molar-refractivity contribution in [1.82, 2.24) is 9.88 Å². The zero-order valence-electron chi connectivity index (χ0n) is 14.0. The quantitative estimate of drug-likeness (QED) is 0.862. The summed E-state index contributed by atoms with van der Waals surface area (Å²) in [5, 5.41) is 9.36. The van der Waals surface area contributed by atoms with E-state index in [9.17, 15) is 9.90 Å². The lowest BCUT2D eigenvalue weighted by Crippen LogP contribution is -2.43. The van der Waals surface area contributed by atoms with E-state index in [-0.39, 0.29) is 24.7 Å². The van der Waals surface area contributed by atoms with Crippen molar-refractivity contribution in [2.24, 2.45) is 0 Å². The predicted molar refractivity (Wildman–Crippen MR) is 89.1 cm³/mol. The smallest absolute Gasteiger partial charge is 0.254 e. The first-order valence-electron chi connectivity index (χ1n) is 8.90. The van der Waals surface area contributed by atoms with Crippen molar-refractivity contribution < 1.29 is 19.4 Å². The van der Waals surface area contributed by atoms with E-state index >= 15 is 0 Å². The molecule has 0 radical (unpaired) electrons. The average Bonchev–Trinajstić information content (AvgIpc) is 3.13. The number of hydrogen-bond acceptors (Lipinski definition) is 5. The van der Waals surface area contributed by atoms with Crippen molar-refractivity contribution in [3.63, 3.8) is 0 Å². The molecule has 1 aromatic rings. The highest BCUT2D eigenvalue weighted by molar-refractivity contribution is 5.94. The second kappa shape index (κ2) is 8.44. The van der Waals surface area contributed by atoms with Gasteiger partial charge in [0.15, 0.2) is 0 Å². The van der Waals surface area contributed by atoms with Crippen LogP contribution in [0.2, 0.25) is 0 Å². The molecule has 2 fully saturated rings. The molecule has 1 aliphatic carbocycles. The summed E-state index contributed by atoms with van der Waals surface area (Å²) < 4.78 is 11.1. The van der Waals surface area contributed by atoms with E-state index in [1.54, 1.807) is 18.3 Å². The summed E-state index contributed by atoms with van der Waals surface area (Å²) in [5.74, 6) is 0.412. The molecule has 1 aromatic heterocycles. The first kappa shape index (κ1) is 17.2. The molecule has 0 spiro atoms. The topological polar surface area (TPSA) is 71.9 Å². The Morgan fingerprint density at radius 1 is 1.33 bits per heavy atom. The maximum absolute atomic E-state index is 12.9. The van der Waals surface area contributed by atoms with Crippen molar-refractivity contribution in [2.75, 3.05) is 26.4 Å². The molecule has 2 aliphatic rings. The molecule has 132 valence electrons. The highest BCUT2D eigenvalue weighted by atomic mass is 16.5. The van der Waals surface area contributed by atoms with Gasteiger partial charge in [-0.1, -0.05) is 19.3 Å². The van der Waals surface area contributed by atoms with Gasteiger partial charge in [0.1, 0.15) is 6.10 Å². The number of hydrogen-bond donors (Lipinski definition) is 1. The van der Waals surface area contributed by atoms with Crippen LogP contribution in [0, 0.1) is 0 Å². The summed E-state index contributed by atoms with van der Waals surface area (Å²) in [6.07, 6.45) is 8.01. The Morgan fingerprint density at radius 3 is 2.88 bits per heavy atom. The molecule has 3 rings (SSSR count). The fraction of sp³-hybridized carbons (Fsp3) is 0.667. The molecule has 1 amide bonds. The fourth-order valence-corrected chi connectivity index (χ4v) is 3.50. The molecule has 24 heavy (non-hydrogen) atoms. The first-order chi connectivity index (χ1) is 11.8. The van der Waals surface area contributed by atoms with Gasteiger partial charge in [0.2, 0.25) is 5.88 Å². The van der Waals surface area contributed by atoms with Crippen LogP contribution in [0.4, 0.5) is 0 Å². The third kappa shape index (κ3) is 4.24. The van der Waals surface area contributed by atoms with Crippen LogP contribution < -0.4 is 4.74 Å². The van der Waals surface area contributed by atoms with Crippen LogP contribution in [0.15, 0.2) is 18.3 Å². The number of carbonyl (C=O) groups excluding carboxylic acids is 1. The summed E-state index contributed by atoms with van der Waals surface area (Å²) in [6, 6.07) is 3.64. The van der Waals surface area contributed by atoms with Crippen molar-refractivity contribution in [3.8, 4) is 5.88 Å². The van der Waals surface area contributed by atoms with Crippen LogP contribution in [0.1, 0.15) is 48.9 Å². The molecule has 6 heteroatoms. The highest BCUT2D eigenvalue weighted by Crippen LogP contribution is 2.24. The zero-order valence-corrected chi connectivity index (χ0v) is 14.0. The van der Waals surface area contributed by atoms with E-state index < -0.39 is 0 Å². The fourth-order valence-electron chi connectivity index (χ4n) is 3.50. The van der Waals surface area contributed by atoms with Gasteiger partial charge in [0.25, 0.3) is 5.91 Å². The second-order valence-corrected chi connectivity index (χ2v) is 6.50. The molecule has 1 N–H and O–H groups in total. The van der Waals surface area contributed by atoms with Crippen molar-refractivity contribution in [2.45, 2.75) is 50.7 Å². The number of aromatic nitrogens is 1. The van der Waals surface area contributed by atoms with Crippen molar-refractivity contribution in [1.29, 1.82) is 0 Å². The highest BCUT2D eigenvalue weighted by Gasteiger charge is 2.26. The molecular formula is C18H26N2O4. The van der Waals surface area contributed by atoms with E-state index in [1.807, 2.05) is 4.90 Å². The molecule has 1 saturated carbocycles. The summed E-state index contributed by atoms with van der Waals surface area (Å²) in [4.78, 5) is 19.0. The third-order valence-electron chi connectivity index (χ3n) is 4.77. The minimum atomic E-state index is -0.0501. The summed E-state index contributed by atoms with van der Waals surface area (Å²) in [7, 11) is 0. The second-order valence-electron chi connectivity index (χ2n) is 6.50. The molecule has 6 nitrogen and oxygen atoms in total. The molecule has 1 saturated heterocycles. The largest absolute Gasteiger partial charge is 0.472 e. The Kier molecular flexibility index (Phi) is 6.04. The van der Waals surface area contributed by atoms with Crippen LogP contribution in [-0.4, -0.2) is 59.4 Å². The Morgan fingerprint density at radius 2 is 2.17 bits per heavy atom. The van der Waals surface area contributed by atoms with Gasteiger partial charge >= 0.3 is 0 Å². The van der Waals surface area contributed by atoms with E-state index in [0.29, 0.717) is 31.2 Å². The predicted octanol–water partition coefficient (Wildman–Crippen LogP) is 2.02. The van der Waals surface area contributed by atoms with Gasteiger partial charge in [-0.05, 0) is 18.9 Å². The Labute approximate surface area is 142 Å². The normalized spacial score (nSPS) is 21.6. The summed E-state index contributed by atoms with van der Waals surface area (Å²) >= 11 is 0. The Balaban J connectivity index is 1.71. The van der Waals surface area contributed by atoms with E-state index in [0.717, 1.165) is 32.1 Å². The Bertz CT molecular complexity index is 540. The molecule has 0 aromatic carbocycles. The molecule has 0 bridgehead atoms. The van der Waals surface area contributed by atoms with Crippen molar-refractivity contribution >= 4 is 5.91 Å².